The molecule has 20 heavy (non-hydrogen) atoms. The first kappa shape index (κ1) is 12.5. The van der Waals surface area contributed by atoms with Crippen molar-refractivity contribution in [3.05, 3.63) is 47.5 Å². The Labute approximate surface area is 111 Å². The van der Waals surface area contributed by atoms with Gasteiger partial charge in [-0.2, -0.15) is 13.2 Å². The minimum absolute atomic E-state index is 0.119. The number of fused-ring (bicyclic) bond motifs is 3. The Hall–Kier alpha value is -2.50. The second kappa shape index (κ2) is 4.00. The van der Waals surface area contributed by atoms with Crippen LogP contribution < -0.4 is 5.73 Å². The molecular weight excluding hydrogens is 269 g/mol. The SMILES string of the molecule is NC(=O)c1c(C(F)(F)F)ccc2c1[nH]c1ccccc12. The van der Waals surface area contributed by atoms with E-state index in [1.807, 2.05) is 0 Å². The van der Waals surface area contributed by atoms with Crippen LogP contribution in [0.1, 0.15) is 15.9 Å². The molecule has 0 fully saturated rings. The van der Waals surface area contributed by atoms with Gasteiger partial charge in [-0.1, -0.05) is 24.3 Å². The maximum atomic E-state index is 13.0. The van der Waals surface area contributed by atoms with E-state index in [0.717, 1.165) is 11.5 Å². The number of carbonyl (C=O) groups is 1. The number of carbonyl (C=O) groups excluding carboxylic acids is 1. The Kier molecular flexibility index (Phi) is 2.50. The molecule has 1 amide bonds. The second-order valence-corrected chi connectivity index (χ2v) is 4.44. The zero-order chi connectivity index (χ0) is 14.5. The predicted molar refractivity (Wildman–Crippen MR) is 69.3 cm³/mol. The molecule has 0 saturated carbocycles. The van der Waals surface area contributed by atoms with Crippen molar-refractivity contribution >= 4 is 27.7 Å². The summed E-state index contributed by atoms with van der Waals surface area (Å²) >= 11 is 0. The van der Waals surface area contributed by atoms with E-state index in [9.17, 15) is 18.0 Å². The van der Waals surface area contributed by atoms with Crippen molar-refractivity contribution in [1.82, 2.24) is 4.98 Å². The number of H-pyrrole nitrogens is 1. The zero-order valence-corrected chi connectivity index (χ0v) is 10.1. The van der Waals surface area contributed by atoms with E-state index < -0.39 is 23.2 Å². The smallest absolute Gasteiger partial charge is 0.366 e. The minimum Gasteiger partial charge on any atom is -0.366 e. The van der Waals surface area contributed by atoms with E-state index in [0.29, 0.717) is 10.9 Å². The minimum atomic E-state index is -4.63. The number of rotatable bonds is 1. The molecule has 0 saturated heterocycles. The van der Waals surface area contributed by atoms with Crippen LogP contribution in [0.15, 0.2) is 36.4 Å². The number of aromatic nitrogens is 1. The van der Waals surface area contributed by atoms with Crippen LogP contribution in [0.2, 0.25) is 0 Å². The Bertz CT molecular complexity index is 833. The molecule has 0 aliphatic heterocycles. The number of primary amides is 1. The molecule has 0 aliphatic rings. The van der Waals surface area contributed by atoms with Gasteiger partial charge in [0.2, 0.25) is 0 Å². The highest BCUT2D eigenvalue weighted by Crippen LogP contribution is 2.37. The van der Waals surface area contributed by atoms with E-state index in [2.05, 4.69) is 4.98 Å². The number of benzene rings is 2. The summed E-state index contributed by atoms with van der Waals surface area (Å²) in [4.78, 5) is 14.3. The number of hydrogen-bond donors (Lipinski definition) is 2. The lowest BCUT2D eigenvalue weighted by Gasteiger charge is -2.11. The molecule has 102 valence electrons. The number of amides is 1. The average molecular weight is 278 g/mol. The van der Waals surface area contributed by atoms with Gasteiger partial charge in [-0.25, -0.2) is 0 Å². The number of halogens is 3. The van der Waals surface area contributed by atoms with Gasteiger partial charge in [0, 0.05) is 16.3 Å². The summed E-state index contributed by atoms with van der Waals surface area (Å²) < 4.78 is 38.9. The van der Waals surface area contributed by atoms with Gasteiger partial charge >= 0.3 is 6.18 Å². The van der Waals surface area contributed by atoms with Crippen LogP contribution >= 0.6 is 0 Å². The van der Waals surface area contributed by atoms with Crippen molar-refractivity contribution in [2.45, 2.75) is 6.18 Å². The van der Waals surface area contributed by atoms with Crippen LogP contribution in [0, 0.1) is 0 Å². The molecule has 3 aromatic rings. The van der Waals surface area contributed by atoms with Crippen molar-refractivity contribution in [1.29, 1.82) is 0 Å². The van der Waals surface area contributed by atoms with Crippen LogP contribution in [0.3, 0.4) is 0 Å². The molecular formula is C14H9F3N2O. The van der Waals surface area contributed by atoms with E-state index in [1.165, 1.54) is 6.07 Å². The summed E-state index contributed by atoms with van der Waals surface area (Å²) in [6, 6.07) is 9.27. The van der Waals surface area contributed by atoms with E-state index in [-0.39, 0.29) is 5.52 Å². The third-order valence-corrected chi connectivity index (χ3v) is 3.23. The molecule has 1 aromatic heterocycles. The van der Waals surface area contributed by atoms with Gasteiger partial charge in [0.05, 0.1) is 16.6 Å². The number of nitrogens with two attached hydrogens (primary N) is 1. The predicted octanol–water partition coefficient (Wildman–Crippen LogP) is 3.44. The summed E-state index contributed by atoms with van der Waals surface area (Å²) in [5.41, 5.74) is 4.37. The fourth-order valence-electron chi connectivity index (χ4n) is 2.41. The van der Waals surface area contributed by atoms with Crippen LogP contribution in [0.25, 0.3) is 21.8 Å². The normalized spacial score (nSPS) is 12.2. The van der Waals surface area contributed by atoms with Gasteiger partial charge in [0.1, 0.15) is 0 Å². The summed E-state index contributed by atoms with van der Waals surface area (Å²) in [5.74, 6) is -1.10. The van der Waals surface area contributed by atoms with Crippen molar-refractivity contribution in [2.75, 3.05) is 0 Å². The molecule has 0 spiro atoms. The third kappa shape index (κ3) is 1.72. The standard InChI is InChI=1S/C14H9F3N2O/c15-14(16,17)9-6-5-8-7-3-1-2-4-10(7)19-12(8)11(9)13(18)20/h1-6,19H,(H2,18,20). The second-order valence-electron chi connectivity index (χ2n) is 4.44. The molecule has 0 radical (unpaired) electrons. The molecule has 0 unspecified atom stereocenters. The summed E-state index contributed by atoms with van der Waals surface area (Å²) in [6.07, 6.45) is -4.63. The Balaban J connectivity index is 2.49. The monoisotopic (exact) mass is 278 g/mol. The highest BCUT2D eigenvalue weighted by molar-refractivity contribution is 6.15. The summed E-state index contributed by atoms with van der Waals surface area (Å²) in [6.45, 7) is 0. The molecule has 0 aliphatic carbocycles. The molecule has 3 nitrogen and oxygen atoms in total. The van der Waals surface area contributed by atoms with Gasteiger partial charge in [-0.05, 0) is 12.1 Å². The fraction of sp³-hybridized carbons (Fsp3) is 0.0714. The number of nitrogens with one attached hydrogen (secondary N) is 1. The van der Waals surface area contributed by atoms with Crippen molar-refractivity contribution in [3.8, 4) is 0 Å². The first-order valence-electron chi connectivity index (χ1n) is 5.80. The third-order valence-electron chi connectivity index (χ3n) is 3.23. The largest absolute Gasteiger partial charge is 0.417 e. The van der Waals surface area contributed by atoms with Gasteiger partial charge in [-0.3, -0.25) is 4.79 Å². The van der Waals surface area contributed by atoms with Gasteiger partial charge in [0.15, 0.2) is 0 Å². The number of hydrogen-bond acceptors (Lipinski definition) is 1. The van der Waals surface area contributed by atoms with Crippen molar-refractivity contribution < 1.29 is 18.0 Å². The molecule has 3 N–H and O–H groups in total. The molecule has 2 aromatic carbocycles. The fourth-order valence-corrected chi connectivity index (χ4v) is 2.41. The summed E-state index contributed by atoms with van der Waals surface area (Å²) in [5, 5.41) is 1.29. The molecule has 0 atom stereocenters. The van der Waals surface area contributed by atoms with Crippen LogP contribution in [0.5, 0.6) is 0 Å². The maximum Gasteiger partial charge on any atom is 0.417 e. The van der Waals surface area contributed by atoms with E-state index >= 15 is 0 Å². The van der Waals surface area contributed by atoms with Crippen LogP contribution in [0.4, 0.5) is 13.2 Å². The summed E-state index contributed by atoms with van der Waals surface area (Å²) in [7, 11) is 0. The molecule has 3 rings (SSSR count). The molecule has 6 heteroatoms. The Morgan fingerprint density at radius 3 is 2.40 bits per heavy atom. The number of alkyl halides is 3. The Morgan fingerprint density at radius 1 is 1.05 bits per heavy atom. The topological polar surface area (TPSA) is 58.9 Å². The average Bonchev–Trinajstić information content (AvgIpc) is 2.74. The first-order valence-corrected chi connectivity index (χ1v) is 5.80. The lowest BCUT2D eigenvalue weighted by atomic mass is 10.0. The lowest BCUT2D eigenvalue weighted by Crippen LogP contribution is -2.19. The van der Waals surface area contributed by atoms with Crippen LogP contribution in [-0.4, -0.2) is 10.9 Å². The lowest BCUT2D eigenvalue weighted by molar-refractivity contribution is -0.137. The number of aromatic amines is 1. The first-order chi connectivity index (χ1) is 9.39. The molecule has 1 heterocycles. The van der Waals surface area contributed by atoms with Crippen molar-refractivity contribution in [2.24, 2.45) is 5.73 Å². The highest BCUT2D eigenvalue weighted by Gasteiger charge is 2.36. The Morgan fingerprint density at radius 2 is 1.75 bits per heavy atom. The number of para-hydroxylation sites is 1. The maximum absolute atomic E-state index is 13.0. The van der Waals surface area contributed by atoms with Crippen molar-refractivity contribution in [3.63, 3.8) is 0 Å². The van der Waals surface area contributed by atoms with Gasteiger partial charge in [-0.15, -0.1) is 0 Å². The van der Waals surface area contributed by atoms with E-state index in [4.69, 9.17) is 5.73 Å². The molecule has 0 bridgehead atoms. The van der Waals surface area contributed by atoms with Crippen LogP contribution in [-0.2, 0) is 6.18 Å². The van der Waals surface area contributed by atoms with Gasteiger partial charge in [0.25, 0.3) is 5.91 Å². The zero-order valence-electron chi connectivity index (χ0n) is 10.1. The quantitative estimate of drug-likeness (QED) is 0.703. The van der Waals surface area contributed by atoms with E-state index in [1.54, 1.807) is 24.3 Å². The van der Waals surface area contributed by atoms with Gasteiger partial charge < -0.3 is 10.7 Å². The highest BCUT2D eigenvalue weighted by atomic mass is 19.4.